The first-order valence-corrected chi connectivity index (χ1v) is 8.32. The predicted molar refractivity (Wildman–Crippen MR) is 85.6 cm³/mol. The maximum atomic E-state index is 6.22. The highest BCUT2D eigenvalue weighted by Gasteiger charge is 2.49. The van der Waals surface area contributed by atoms with Crippen LogP contribution in [0.5, 0.6) is 0 Å². The molecule has 3 nitrogen and oxygen atoms in total. The molecule has 2 unspecified atom stereocenters. The Labute approximate surface area is 126 Å². The van der Waals surface area contributed by atoms with Gasteiger partial charge in [-0.15, -0.1) is 11.8 Å². The van der Waals surface area contributed by atoms with Gasteiger partial charge in [-0.25, -0.2) is 0 Å². The molecule has 112 valence electrons. The number of rotatable bonds is 4. The lowest BCUT2D eigenvalue weighted by Gasteiger charge is -2.33. The minimum absolute atomic E-state index is 0.0996. The van der Waals surface area contributed by atoms with E-state index in [-0.39, 0.29) is 17.2 Å². The summed E-state index contributed by atoms with van der Waals surface area (Å²) in [5, 5.41) is 0. The molecular formula is C16H26N2OS. The van der Waals surface area contributed by atoms with Crippen molar-refractivity contribution in [2.45, 2.75) is 56.3 Å². The normalized spacial score (nSPS) is 25.6. The first kappa shape index (κ1) is 15.8. The third kappa shape index (κ3) is 3.03. The van der Waals surface area contributed by atoms with Gasteiger partial charge in [-0.05, 0) is 52.0 Å². The summed E-state index contributed by atoms with van der Waals surface area (Å²) < 4.78 is 6.22. The standard InChI is InChI=1S/C16H26N2OS/c1-15(2)10-12(16(3,4)19-15)14(18-17)11-8-6-7-9-13(11)20-5/h6-9,12,14,18H,10,17H2,1-5H3. The average molecular weight is 294 g/mol. The Balaban J connectivity index is 2.38. The SMILES string of the molecule is CSc1ccccc1C(NN)C1CC(C)(C)OC1(C)C. The molecule has 4 heteroatoms. The molecule has 3 N–H and O–H groups in total. The number of ether oxygens (including phenoxy) is 1. The number of thioether (sulfide) groups is 1. The summed E-state index contributed by atoms with van der Waals surface area (Å²) in [5.41, 5.74) is 4.01. The van der Waals surface area contributed by atoms with Crippen molar-refractivity contribution in [3.63, 3.8) is 0 Å². The number of hydrogen-bond donors (Lipinski definition) is 2. The molecule has 0 spiro atoms. The molecule has 0 saturated carbocycles. The van der Waals surface area contributed by atoms with Gasteiger partial charge in [-0.1, -0.05) is 18.2 Å². The highest BCUT2D eigenvalue weighted by Crippen LogP contribution is 2.48. The molecule has 20 heavy (non-hydrogen) atoms. The first-order valence-electron chi connectivity index (χ1n) is 7.10. The van der Waals surface area contributed by atoms with E-state index in [4.69, 9.17) is 10.6 Å². The summed E-state index contributed by atoms with van der Waals surface area (Å²) in [6, 6.07) is 8.57. The lowest BCUT2D eigenvalue weighted by Crippen LogP contribution is -2.41. The van der Waals surface area contributed by atoms with Gasteiger partial charge in [0, 0.05) is 10.8 Å². The summed E-state index contributed by atoms with van der Waals surface area (Å²) in [4.78, 5) is 1.27. The Morgan fingerprint density at radius 3 is 2.45 bits per heavy atom. The largest absolute Gasteiger partial charge is 0.369 e. The van der Waals surface area contributed by atoms with Crippen LogP contribution >= 0.6 is 11.8 Å². The van der Waals surface area contributed by atoms with Crippen molar-refractivity contribution in [1.29, 1.82) is 0 Å². The minimum Gasteiger partial charge on any atom is -0.369 e. The van der Waals surface area contributed by atoms with E-state index < -0.39 is 0 Å². The van der Waals surface area contributed by atoms with Crippen molar-refractivity contribution in [2.75, 3.05) is 6.26 Å². The van der Waals surface area contributed by atoms with E-state index >= 15 is 0 Å². The van der Waals surface area contributed by atoms with Gasteiger partial charge >= 0.3 is 0 Å². The van der Waals surface area contributed by atoms with Gasteiger partial charge in [0.2, 0.25) is 0 Å². The zero-order valence-electron chi connectivity index (χ0n) is 13.1. The van der Waals surface area contributed by atoms with Crippen molar-refractivity contribution in [1.82, 2.24) is 5.43 Å². The van der Waals surface area contributed by atoms with E-state index in [2.05, 4.69) is 63.6 Å². The van der Waals surface area contributed by atoms with Gasteiger partial charge in [0.05, 0.1) is 17.2 Å². The van der Waals surface area contributed by atoms with Gasteiger partial charge in [-0.2, -0.15) is 0 Å². The fourth-order valence-corrected chi connectivity index (χ4v) is 4.12. The van der Waals surface area contributed by atoms with Crippen molar-refractivity contribution >= 4 is 11.8 Å². The van der Waals surface area contributed by atoms with Crippen molar-refractivity contribution < 1.29 is 4.74 Å². The van der Waals surface area contributed by atoms with E-state index in [1.54, 1.807) is 11.8 Å². The van der Waals surface area contributed by atoms with Crippen LogP contribution in [0.1, 0.15) is 45.7 Å². The van der Waals surface area contributed by atoms with Crippen LogP contribution in [0.15, 0.2) is 29.2 Å². The summed E-state index contributed by atoms with van der Waals surface area (Å²) in [6.45, 7) is 8.64. The van der Waals surface area contributed by atoms with Crippen LogP contribution in [0.25, 0.3) is 0 Å². The van der Waals surface area contributed by atoms with Crippen LogP contribution in [0.2, 0.25) is 0 Å². The molecule has 1 aliphatic rings. The topological polar surface area (TPSA) is 47.3 Å². The lowest BCUT2D eigenvalue weighted by atomic mass is 9.79. The maximum absolute atomic E-state index is 6.22. The second-order valence-electron chi connectivity index (χ2n) is 6.66. The van der Waals surface area contributed by atoms with Crippen LogP contribution in [-0.4, -0.2) is 17.5 Å². The van der Waals surface area contributed by atoms with Crippen molar-refractivity contribution in [3.8, 4) is 0 Å². The average Bonchev–Trinajstić information content (AvgIpc) is 2.59. The molecule has 1 heterocycles. The molecule has 0 bridgehead atoms. The molecule has 0 amide bonds. The Morgan fingerprint density at radius 1 is 1.30 bits per heavy atom. The molecule has 1 saturated heterocycles. The second-order valence-corrected chi connectivity index (χ2v) is 7.51. The molecule has 0 radical (unpaired) electrons. The Kier molecular flexibility index (Phi) is 4.50. The Bertz CT molecular complexity index is 473. The first-order chi connectivity index (χ1) is 9.30. The van der Waals surface area contributed by atoms with Crippen LogP contribution in [0.3, 0.4) is 0 Å². The molecule has 0 aromatic heterocycles. The fourth-order valence-electron chi connectivity index (χ4n) is 3.47. The summed E-state index contributed by atoms with van der Waals surface area (Å²) >= 11 is 1.76. The van der Waals surface area contributed by atoms with Gasteiger partial charge in [0.15, 0.2) is 0 Å². The van der Waals surface area contributed by atoms with Crippen LogP contribution in [0.4, 0.5) is 0 Å². The van der Waals surface area contributed by atoms with E-state index in [1.165, 1.54) is 10.5 Å². The van der Waals surface area contributed by atoms with E-state index in [0.29, 0.717) is 5.92 Å². The Morgan fingerprint density at radius 2 is 1.95 bits per heavy atom. The number of nitrogens with two attached hydrogens (primary N) is 1. The molecule has 2 rings (SSSR count). The fraction of sp³-hybridized carbons (Fsp3) is 0.625. The van der Waals surface area contributed by atoms with Crippen molar-refractivity contribution in [3.05, 3.63) is 29.8 Å². The monoisotopic (exact) mass is 294 g/mol. The summed E-state index contributed by atoms with van der Waals surface area (Å²) in [6.07, 6.45) is 3.10. The van der Waals surface area contributed by atoms with Crippen LogP contribution < -0.4 is 11.3 Å². The molecule has 1 fully saturated rings. The zero-order valence-corrected chi connectivity index (χ0v) is 13.9. The summed E-state index contributed by atoms with van der Waals surface area (Å²) in [5.74, 6) is 6.25. The summed E-state index contributed by atoms with van der Waals surface area (Å²) in [7, 11) is 0. The number of hydrogen-bond acceptors (Lipinski definition) is 4. The molecule has 2 atom stereocenters. The van der Waals surface area contributed by atoms with E-state index in [9.17, 15) is 0 Å². The number of hydrazine groups is 1. The van der Waals surface area contributed by atoms with Crippen LogP contribution in [-0.2, 0) is 4.74 Å². The van der Waals surface area contributed by atoms with Gasteiger partial charge in [0.25, 0.3) is 0 Å². The number of nitrogens with one attached hydrogen (secondary N) is 1. The predicted octanol–water partition coefficient (Wildman–Crippen LogP) is 3.51. The quantitative estimate of drug-likeness (QED) is 0.507. The van der Waals surface area contributed by atoms with Gasteiger partial charge < -0.3 is 4.74 Å². The smallest absolute Gasteiger partial charge is 0.0681 e. The van der Waals surface area contributed by atoms with Gasteiger partial charge in [0.1, 0.15) is 0 Å². The van der Waals surface area contributed by atoms with E-state index in [1.807, 2.05) is 0 Å². The van der Waals surface area contributed by atoms with E-state index in [0.717, 1.165) is 6.42 Å². The van der Waals surface area contributed by atoms with Crippen molar-refractivity contribution in [2.24, 2.45) is 11.8 Å². The molecule has 1 aromatic carbocycles. The molecule has 0 aliphatic carbocycles. The molecule has 1 aliphatic heterocycles. The maximum Gasteiger partial charge on any atom is 0.0681 e. The minimum atomic E-state index is -0.188. The molecular weight excluding hydrogens is 268 g/mol. The number of benzene rings is 1. The lowest BCUT2D eigenvalue weighted by molar-refractivity contribution is -0.0779. The second kappa shape index (κ2) is 5.68. The molecule has 1 aromatic rings. The third-order valence-corrected chi connectivity index (χ3v) is 5.01. The Hall–Kier alpha value is -0.550. The zero-order chi connectivity index (χ0) is 15.0. The third-order valence-electron chi connectivity index (χ3n) is 4.20. The van der Waals surface area contributed by atoms with Crippen LogP contribution in [0, 0.1) is 5.92 Å². The highest BCUT2D eigenvalue weighted by atomic mass is 32.2. The van der Waals surface area contributed by atoms with Gasteiger partial charge in [-0.3, -0.25) is 11.3 Å². The highest BCUT2D eigenvalue weighted by molar-refractivity contribution is 7.98.